The Hall–Kier alpha value is -1.59. The van der Waals surface area contributed by atoms with E-state index in [2.05, 4.69) is 15.3 Å². The summed E-state index contributed by atoms with van der Waals surface area (Å²) in [6.07, 6.45) is 0. The smallest absolute Gasteiger partial charge is 0.351 e. The first-order valence-electron chi connectivity index (χ1n) is 3.86. The molecular weight excluding hydrogens is 172 g/mol. The van der Waals surface area contributed by atoms with Crippen molar-refractivity contribution in [2.24, 2.45) is 0 Å². The maximum atomic E-state index is 10.8. The van der Waals surface area contributed by atoms with Crippen molar-refractivity contribution in [1.29, 1.82) is 0 Å². The molecular formula is C7H12N4O2. The Labute approximate surface area is 74.4 Å². The van der Waals surface area contributed by atoms with Gasteiger partial charge in [0.15, 0.2) is 0 Å². The Bertz CT molecular complexity index is 370. The molecule has 6 heteroatoms. The lowest BCUT2D eigenvalue weighted by molar-refractivity contribution is 0.623. The molecule has 0 amide bonds. The van der Waals surface area contributed by atoms with Gasteiger partial charge in [0.05, 0.1) is 0 Å². The molecule has 72 valence electrons. The molecule has 0 radical (unpaired) electrons. The van der Waals surface area contributed by atoms with Crippen LogP contribution in [0.1, 0.15) is 20.8 Å². The van der Waals surface area contributed by atoms with E-state index in [1.165, 1.54) is 0 Å². The van der Waals surface area contributed by atoms with Crippen LogP contribution < -0.4 is 16.7 Å². The Kier molecular flexibility index (Phi) is 2.22. The monoisotopic (exact) mass is 184 g/mol. The number of H-pyrrole nitrogens is 2. The van der Waals surface area contributed by atoms with Crippen molar-refractivity contribution in [2.75, 3.05) is 5.32 Å². The minimum atomic E-state index is -0.657. The summed E-state index contributed by atoms with van der Waals surface area (Å²) in [5, 5.41) is 2.88. The molecule has 1 rings (SSSR count). The minimum absolute atomic E-state index is 0.182. The lowest BCUT2D eigenvalue weighted by Crippen LogP contribution is -2.33. The summed E-state index contributed by atoms with van der Waals surface area (Å²) < 4.78 is 0. The predicted octanol–water partition coefficient (Wildman–Crippen LogP) is -0.331. The highest BCUT2D eigenvalue weighted by Gasteiger charge is 2.10. The van der Waals surface area contributed by atoms with Crippen LogP contribution in [0.5, 0.6) is 0 Å². The van der Waals surface area contributed by atoms with Crippen LogP contribution in [0.3, 0.4) is 0 Å². The predicted molar refractivity (Wildman–Crippen MR) is 48.9 cm³/mol. The number of nitrogens with one attached hydrogen (secondary N) is 3. The van der Waals surface area contributed by atoms with Crippen LogP contribution in [0.4, 0.5) is 5.95 Å². The summed E-state index contributed by atoms with van der Waals surface area (Å²) >= 11 is 0. The third-order valence-corrected chi connectivity index (χ3v) is 1.16. The maximum Gasteiger partial charge on any atom is 0.352 e. The number of rotatable bonds is 1. The van der Waals surface area contributed by atoms with Crippen molar-refractivity contribution in [1.82, 2.24) is 15.0 Å². The average Bonchev–Trinajstić information content (AvgIpc) is 1.78. The highest BCUT2D eigenvalue weighted by molar-refractivity contribution is 5.24. The van der Waals surface area contributed by atoms with Crippen molar-refractivity contribution in [3.63, 3.8) is 0 Å². The fourth-order valence-corrected chi connectivity index (χ4v) is 0.808. The summed E-state index contributed by atoms with van der Waals surface area (Å²) in [4.78, 5) is 29.5. The van der Waals surface area contributed by atoms with Gasteiger partial charge in [0.25, 0.3) is 0 Å². The molecule has 0 fully saturated rings. The molecule has 6 nitrogen and oxygen atoms in total. The van der Waals surface area contributed by atoms with Crippen LogP contribution in [-0.2, 0) is 0 Å². The van der Waals surface area contributed by atoms with Gasteiger partial charge in [-0.2, -0.15) is 4.98 Å². The van der Waals surface area contributed by atoms with E-state index < -0.39 is 11.4 Å². The zero-order valence-electron chi connectivity index (χ0n) is 7.76. The van der Waals surface area contributed by atoms with Crippen molar-refractivity contribution < 1.29 is 0 Å². The molecule has 0 aromatic carbocycles. The van der Waals surface area contributed by atoms with E-state index in [0.29, 0.717) is 0 Å². The molecule has 0 bridgehead atoms. The van der Waals surface area contributed by atoms with Gasteiger partial charge in [-0.1, -0.05) is 0 Å². The van der Waals surface area contributed by atoms with Crippen LogP contribution in [-0.4, -0.2) is 20.5 Å². The molecule has 0 saturated carbocycles. The van der Waals surface area contributed by atoms with E-state index in [-0.39, 0.29) is 11.5 Å². The van der Waals surface area contributed by atoms with Crippen LogP contribution >= 0.6 is 0 Å². The van der Waals surface area contributed by atoms with Crippen molar-refractivity contribution in [3.05, 3.63) is 21.0 Å². The Morgan fingerprint density at radius 2 is 1.85 bits per heavy atom. The van der Waals surface area contributed by atoms with Crippen LogP contribution in [0.25, 0.3) is 0 Å². The van der Waals surface area contributed by atoms with Gasteiger partial charge >= 0.3 is 11.4 Å². The molecule has 0 aliphatic heterocycles. The van der Waals surface area contributed by atoms with Gasteiger partial charge in [-0.25, -0.2) is 9.59 Å². The zero-order chi connectivity index (χ0) is 10.1. The van der Waals surface area contributed by atoms with Crippen molar-refractivity contribution >= 4 is 5.95 Å². The topological polar surface area (TPSA) is 90.6 Å². The van der Waals surface area contributed by atoms with Gasteiger partial charge in [-0.3, -0.25) is 9.97 Å². The molecule has 1 aromatic rings. The number of nitrogens with zero attached hydrogens (tertiary/aromatic N) is 1. The van der Waals surface area contributed by atoms with Crippen molar-refractivity contribution in [2.45, 2.75) is 26.3 Å². The first-order chi connectivity index (χ1) is 5.87. The largest absolute Gasteiger partial charge is 0.352 e. The van der Waals surface area contributed by atoms with Gasteiger partial charge in [-0.05, 0) is 20.8 Å². The lowest BCUT2D eigenvalue weighted by Gasteiger charge is -2.19. The Morgan fingerprint density at radius 1 is 1.23 bits per heavy atom. The number of anilines is 1. The quantitative estimate of drug-likeness (QED) is 0.557. The van der Waals surface area contributed by atoms with Gasteiger partial charge in [-0.15, -0.1) is 0 Å². The third-order valence-electron chi connectivity index (χ3n) is 1.16. The van der Waals surface area contributed by atoms with Gasteiger partial charge in [0.2, 0.25) is 5.95 Å². The molecule has 0 unspecified atom stereocenters. The Balaban J connectivity index is 3.03. The van der Waals surface area contributed by atoms with Gasteiger partial charge < -0.3 is 5.32 Å². The number of aromatic amines is 2. The summed E-state index contributed by atoms with van der Waals surface area (Å²) in [5.41, 5.74) is -1.47. The molecule has 0 aliphatic rings. The molecule has 0 atom stereocenters. The molecule has 0 spiro atoms. The summed E-state index contributed by atoms with van der Waals surface area (Å²) in [6, 6.07) is 0. The second kappa shape index (κ2) is 3.04. The van der Waals surface area contributed by atoms with E-state index in [9.17, 15) is 9.59 Å². The number of hydrogen-bond donors (Lipinski definition) is 3. The second-order valence-electron chi connectivity index (χ2n) is 3.72. The standard InChI is InChI=1S/C7H12N4O2/c1-7(2,3)11-4-8-5(12)10-6(13)9-4/h1-3H3,(H3,8,9,10,11,12,13). The molecule has 13 heavy (non-hydrogen) atoms. The molecule has 1 heterocycles. The number of aromatic nitrogens is 3. The highest BCUT2D eigenvalue weighted by atomic mass is 16.2. The number of hydrogen-bond acceptors (Lipinski definition) is 4. The second-order valence-corrected chi connectivity index (χ2v) is 3.72. The summed E-state index contributed by atoms with van der Waals surface area (Å²) in [7, 11) is 0. The van der Waals surface area contributed by atoms with E-state index in [1.54, 1.807) is 0 Å². The van der Waals surface area contributed by atoms with E-state index >= 15 is 0 Å². The first-order valence-corrected chi connectivity index (χ1v) is 3.86. The van der Waals surface area contributed by atoms with Crippen LogP contribution in [0, 0.1) is 0 Å². The normalized spacial score (nSPS) is 11.3. The fraction of sp³-hybridized carbons (Fsp3) is 0.571. The molecule has 0 aliphatic carbocycles. The van der Waals surface area contributed by atoms with Crippen LogP contribution in [0.15, 0.2) is 9.59 Å². The lowest BCUT2D eigenvalue weighted by atomic mass is 10.1. The van der Waals surface area contributed by atoms with E-state index in [4.69, 9.17) is 0 Å². The molecule has 3 N–H and O–H groups in total. The van der Waals surface area contributed by atoms with Gasteiger partial charge in [0, 0.05) is 5.54 Å². The minimum Gasteiger partial charge on any atom is -0.351 e. The van der Waals surface area contributed by atoms with Gasteiger partial charge in [0.1, 0.15) is 0 Å². The third kappa shape index (κ3) is 3.10. The Morgan fingerprint density at radius 3 is 2.31 bits per heavy atom. The fourth-order valence-electron chi connectivity index (χ4n) is 0.808. The first kappa shape index (κ1) is 9.50. The van der Waals surface area contributed by atoms with Crippen LogP contribution in [0.2, 0.25) is 0 Å². The van der Waals surface area contributed by atoms with E-state index in [1.807, 2.05) is 25.8 Å². The van der Waals surface area contributed by atoms with E-state index in [0.717, 1.165) is 0 Å². The SMILES string of the molecule is CC(C)(C)Nc1nc(=O)[nH]c(=O)[nH]1. The zero-order valence-corrected chi connectivity index (χ0v) is 7.76. The maximum absolute atomic E-state index is 10.8. The average molecular weight is 184 g/mol. The highest BCUT2D eigenvalue weighted by Crippen LogP contribution is 2.05. The molecule has 0 saturated heterocycles. The summed E-state index contributed by atoms with van der Waals surface area (Å²) in [6.45, 7) is 5.69. The molecule has 1 aromatic heterocycles. The summed E-state index contributed by atoms with van der Waals surface area (Å²) in [5.74, 6) is 0.182. The van der Waals surface area contributed by atoms with Crippen molar-refractivity contribution in [3.8, 4) is 0 Å².